The van der Waals surface area contributed by atoms with Crippen LogP contribution in [0.5, 0.6) is 5.75 Å². The minimum Gasteiger partial charge on any atom is -0.497 e. The van der Waals surface area contributed by atoms with Gasteiger partial charge in [-0.15, -0.1) is 0 Å². The maximum absolute atomic E-state index is 13.5. The van der Waals surface area contributed by atoms with E-state index >= 15 is 0 Å². The molecule has 7 heteroatoms. The fraction of sp³-hybridized carbons (Fsp3) is 0.381. The van der Waals surface area contributed by atoms with Crippen LogP contribution >= 0.6 is 0 Å². The van der Waals surface area contributed by atoms with Crippen molar-refractivity contribution in [3.63, 3.8) is 0 Å². The Morgan fingerprint density at radius 2 is 2.14 bits per heavy atom. The molecule has 0 radical (unpaired) electrons. The van der Waals surface area contributed by atoms with Gasteiger partial charge in [0.1, 0.15) is 5.75 Å². The van der Waals surface area contributed by atoms with Gasteiger partial charge in [0.25, 0.3) is 0 Å². The Morgan fingerprint density at radius 3 is 2.93 bits per heavy atom. The zero-order valence-corrected chi connectivity index (χ0v) is 15.6. The number of amides is 2. The summed E-state index contributed by atoms with van der Waals surface area (Å²) in [6.45, 7) is 0.918. The maximum atomic E-state index is 13.5. The molecule has 144 valence electrons. The van der Waals surface area contributed by atoms with E-state index in [0.29, 0.717) is 25.2 Å². The van der Waals surface area contributed by atoms with E-state index in [1.165, 1.54) is 0 Å². The average Bonchev–Trinajstić information content (AvgIpc) is 3.43. The highest BCUT2D eigenvalue weighted by Crippen LogP contribution is 2.52. The lowest BCUT2D eigenvalue weighted by Crippen LogP contribution is -2.44. The summed E-state index contributed by atoms with van der Waals surface area (Å²) in [5.41, 5.74) is 1.23. The Bertz CT molecular complexity index is 972. The molecule has 28 heavy (non-hydrogen) atoms. The van der Waals surface area contributed by atoms with E-state index in [-0.39, 0.29) is 5.91 Å². The molecule has 2 fully saturated rings. The molecule has 1 N–H and O–H groups in total. The molecule has 5 rings (SSSR count). The van der Waals surface area contributed by atoms with Gasteiger partial charge in [0.15, 0.2) is 5.60 Å². The van der Waals surface area contributed by atoms with Gasteiger partial charge >= 0.3 is 6.09 Å². The van der Waals surface area contributed by atoms with Crippen LogP contribution in [0.15, 0.2) is 42.7 Å². The number of ether oxygens (including phenoxy) is 2. The number of pyridine rings is 1. The fourth-order valence-corrected chi connectivity index (χ4v) is 4.49. The second-order valence-electron chi connectivity index (χ2n) is 7.72. The summed E-state index contributed by atoms with van der Waals surface area (Å²) >= 11 is 0. The van der Waals surface area contributed by atoms with Gasteiger partial charge in [0.05, 0.1) is 31.0 Å². The molecular weight excluding hydrogens is 358 g/mol. The number of anilines is 1. The Kier molecular flexibility index (Phi) is 3.62. The van der Waals surface area contributed by atoms with Crippen molar-refractivity contribution in [2.24, 2.45) is 0 Å². The lowest BCUT2D eigenvalue weighted by molar-refractivity contribution is -0.134. The van der Waals surface area contributed by atoms with E-state index in [4.69, 9.17) is 9.47 Å². The largest absolute Gasteiger partial charge is 0.497 e. The highest BCUT2D eigenvalue weighted by molar-refractivity contribution is 5.92. The van der Waals surface area contributed by atoms with Crippen LogP contribution < -0.4 is 10.1 Å². The average molecular weight is 379 g/mol. The smallest absolute Gasteiger partial charge is 0.412 e. The topological polar surface area (TPSA) is 80.8 Å². The standard InChI is InChI=1S/C21H21N3O4/c1-27-15-4-2-3-14(11-15)20(6-7-20)18(25)24-10-8-21(13-24)16-5-9-22-12-17(16)23-19(26)28-21/h2-5,9,11-12H,6-8,10,13H2,1H3,(H,23,26). The quantitative estimate of drug-likeness (QED) is 0.887. The van der Waals surface area contributed by atoms with Crippen LogP contribution in [0.1, 0.15) is 30.4 Å². The van der Waals surface area contributed by atoms with Crippen LogP contribution in [0.3, 0.4) is 0 Å². The summed E-state index contributed by atoms with van der Waals surface area (Å²) in [5, 5.41) is 2.70. The number of likely N-dealkylation sites (tertiary alicyclic amines) is 1. The summed E-state index contributed by atoms with van der Waals surface area (Å²) in [7, 11) is 1.63. The molecule has 1 aromatic carbocycles. The third kappa shape index (κ3) is 2.46. The molecule has 0 bridgehead atoms. The van der Waals surface area contributed by atoms with Gasteiger partial charge in [0.2, 0.25) is 5.91 Å². The van der Waals surface area contributed by atoms with E-state index < -0.39 is 17.1 Å². The molecule has 1 unspecified atom stereocenters. The first-order valence-electron chi connectivity index (χ1n) is 9.45. The zero-order chi connectivity index (χ0) is 19.4. The number of hydrogen-bond donors (Lipinski definition) is 1. The van der Waals surface area contributed by atoms with Crippen LogP contribution in [0, 0.1) is 0 Å². The van der Waals surface area contributed by atoms with E-state index in [9.17, 15) is 9.59 Å². The SMILES string of the molecule is COc1cccc(C2(C(=O)N3CCC4(C3)OC(=O)Nc3cnccc34)CC2)c1. The number of carbonyl (C=O) groups excluding carboxylic acids is 2. The molecule has 1 saturated carbocycles. The van der Waals surface area contributed by atoms with Gasteiger partial charge in [-0.3, -0.25) is 15.1 Å². The molecule has 3 aliphatic rings. The lowest BCUT2D eigenvalue weighted by Gasteiger charge is -2.35. The summed E-state index contributed by atoms with van der Waals surface area (Å²) in [5.74, 6) is 0.853. The van der Waals surface area contributed by atoms with Gasteiger partial charge in [-0.25, -0.2) is 4.79 Å². The Labute approximate surface area is 162 Å². The molecule has 2 aromatic rings. The van der Waals surface area contributed by atoms with Gasteiger partial charge in [0, 0.05) is 24.7 Å². The second kappa shape index (κ2) is 5.95. The first kappa shape index (κ1) is 17.0. The molecule has 3 heterocycles. The monoisotopic (exact) mass is 379 g/mol. The first-order chi connectivity index (χ1) is 13.6. The molecule has 7 nitrogen and oxygen atoms in total. The minimum absolute atomic E-state index is 0.0998. The van der Waals surface area contributed by atoms with Crippen molar-refractivity contribution >= 4 is 17.7 Å². The van der Waals surface area contributed by atoms with Crippen molar-refractivity contribution in [3.05, 3.63) is 53.9 Å². The van der Waals surface area contributed by atoms with Crippen LogP contribution in [0.4, 0.5) is 10.5 Å². The third-order valence-corrected chi connectivity index (χ3v) is 6.14. The summed E-state index contributed by atoms with van der Waals surface area (Å²) in [6, 6.07) is 9.60. The molecule has 1 aliphatic carbocycles. The molecule has 1 atom stereocenters. The van der Waals surface area contributed by atoms with Crippen LogP contribution in [0.25, 0.3) is 0 Å². The number of nitrogens with one attached hydrogen (secondary N) is 1. The molecule has 1 aromatic heterocycles. The Hall–Kier alpha value is -3.09. The number of rotatable bonds is 3. The number of hydrogen-bond acceptors (Lipinski definition) is 5. The van der Waals surface area contributed by atoms with Gasteiger partial charge in [-0.1, -0.05) is 12.1 Å². The minimum atomic E-state index is -0.805. The van der Waals surface area contributed by atoms with Crippen molar-refractivity contribution in [3.8, 4) is 5.75 Å². The van der Waals surface area contributed by atoms with E-state index in [2.05, 4.69) is 10.3 Å². The van der Waals surface area contributed by atoms with Gasteiger partial charge < -0.3 is 14.4 Å². The van der Waals surface area contributed by atoms with Gasteiger partial charge in [-0.2, -0.15) is 0 Å². The van der Waals surface area contributed by atoms with E-state index in [1.54, 1.807) is 19.5 Å². The Balaban J connectivity index is 1.44. The van der Waals surface area contributed by atoms with Gasteiger partial charge in [-0.05, 0) is 36.6 Å². The predicted molar refractivity (Wildman–Crippen MR) is 101 cm³/mol. The summed E-state index contributed by atoms with van der Waals surface area (Å²) in [6.07, 6.45) is 5.04. The number of aromatic nitrogens is 1. The number of carbonyl (C=O) groups is 2. The summed E-state index contributed by atoms with van der Waals surface area (Å²) in [4.78, 5) is 31.5. The lowest BCUT2D eigenvalue weighted by atomic mass is 9.90. The zero-order valence-electron chi connectivity index (χ0n) is 15.6. The molecule has 2 aliphatic heterocycles. The normalized spacial score (nSPS) is 24.3. The van der Waals surface area contributed by atoms with Crippen molar-refractivity contribution in [1.82, 2.24) is 9.88 Å². The van der Waals surface area contributed by atoms with Crippen molar-refractivity contribution in [1.29, 1.82) is 0 Å². The van der Waals surface area contributed by atoms with E-state index in [0.717, 1.165) is 29.7 Å². The molecule has 2 amide bonds. The number of fused-ring (bicyclic) bond motifs is 2. The van der Waals surface area contributed by atoms with Crippen molar-refractivity contribution < 1.29 is 19.1 Å². The highest BCUT2D eigenvalue weighted by atomic mass is 16.6. The first-order valence-corrected chi connectivity index (χ1v) is 9.45. The van der Waals surface area contributed by atoms with Crippen molar-refractivity contribution in [2.75, 3.05) is 25.5 Å². The van der Waals surface area contributed by atoms with Crippen LogP contribution in [0.2, 0.25) is 0 Å². The van der Waals surface area contributed by atoms with Crippen LogP contribution in [-0.2, 0) is 20.5 Å². The Morgan fingerprint density at radius 1 is 1.29 bits per heavy atom. The van der Waals surface area contributed by atoms with Crippen LogP contribution in [-0.4, -0.2) is 42.1 Å². The molecule has 1 spiro atoms. The maximum Gasteiger partial charge on any atom is 0.412 e. The molecule has 1 saturated heterocycles. The van der Waals surface area contributed by atoms with E-state index in [1.807, 2.05) is 35.2 Å². The number of methoxy groups -OCH3 is 1. The number of nitrogens with zero attached hydrogens (tertiary/aromatic N) is 2. The number of benzene rings is 1. The highest BCUT2D eigenvalue weighted by Gasteiger charge is 2.57. The summed E-state index contributed by atoms with van der Waals surface area (Å²) < 4.78 is 11.1. The van der Waals surface area contributed by atoms with Crippen molar-refractivity contribution in [2.45, 2.75) is 30.3 Å². The third-order valence-electron chi connectivity index (χ3n) is 6.14. The predicted octanol–water partition coefficient (Wildman–Crippen LogP) is 2.81. The molecular formula is C21H21N3O4. The second-order valence-corrected chi connectivity index (χ2v) is 7.72. The fourth-order valence-electron chi connectivity index (χ4n) is 4.49.